The van der Waals surface area contributed by atoms with Crippen molar-refractivity contribution >= 4 is 19.9 Å². The first-order chi connectivity index (χ1) is 19.4. The summed E-state index contributed by atoms with van der Waals surface area (Å²) in [5, 5.41) is 9.99. The second kappa shape index (κ2) is 13.4. The van der Waals surface area contributed by atoms with Crippen molar-refractivity contribution in [3.8, 4) is 5.75 Å². The summed E-state index contributed by atoms with van der Waals surface area (Å²) >= 11 is 0. The van der Waals surface area contributed by atoms with Crippen LogP contribution < -0.4 is 9.64 Å². The Morgan fingerprint density at radius 2 is 1.66 bits per heavy atom. The summed E-state index contributed by atoms with van der Waals surface area (Å²) in [6.45, 7) is 14.4. The van der Waals surface area contributed by atoms with Crippen molar-refractivity contribution in [3.05, 3.63) is 59.2 Å². The van der Waals surface area contributed by atoms with E-state index in [9.17, 15) is 9.90 Å². The number of rotatable bonds is 9. The Morgan fingerprint density at radius 3 is 2.24 bits per heavy atom. The van der Waals surface area contributed by atoms with Gasteiger partial charge in [0, 0.05) is 24.3 Å². The van der Waals surface area contributed by atoms with Gasteiger partial charge in [0.05, 0.1) is 13.7 Å². The molecule has 1 N–H and O–H groups in total. The molecule has 0 radical (unpaired) electrons. The summed E-state index contributed by atoms with van der Waals surface area (Å²) in [6.07, 6.45) is 8.48. The molecule has 0 aromatic heterocycles. The minimum absolute atomic E-state index is 0.0157. The fourth-order valence-corrected chi connectivity index (χ4v) is 7.90. The quantitative estimate of drug-likeness (QED) is 0.303. The molecule has 2 aliphatic rings. The maximum atomic E-state index is 14.1. The number of benzene rings is 2. The van der Waals surface area contributed by atoms with E-state index in [1.165, 1.54) is 11.1 Å². The summed E-state index contributed by atoms with van der Waals surface area (Å²) < 4.78 is 12.2. The average molecular weight is 580 g/mol. The fraction of sp³-hybridized carbons (Fsp3) is 0.629. The van der Waals surface area contributed by atoms with Gasteiger partial charge in [0.2, 0.25) is 5.91 Å². The van der Waals surface area contributed by atoms with Crippen LogP contribution in [0.5, 0.6) is 5.75 Å². The van der Waals surface area contributed by atoms with E-state index >= 15 is 0 Å². The number of methoxy groups -OCH3 is 1. The standard InChI is InChI=1S/C35H53NO4Si/c1-25-21-30(17-20-33(25)39-5)28-13-11-26(12-14-28)23-36(31-10-8-9-27(22-31)24-37)34(38)29-15-18-32(19-16-29)40-41(6,7)35(2,3)4/h8-10,17,20-22,26,28-29,32,37H,11-16,18-19,23-24H2,1-7H3/t26-,28-,29-,32-. The zero-order chi connectivity index (χ0) is 29.8. The second-order valence-electron chi connectivity index (χ2n) is 14.1. The Bertz CT molecular complexity index is 1160. The van der Waals surface area contributed by atoms with Gasteiger partial charge in [0.25, 0.3) is 0 Å². The Balaban J connectivity index is 1.42. The number of anilines is 1. The molecule has 6 heteroatoms. The highest BCUT2D eigenvalue weighted by Gasteiger charge is 2.41. The number of hydrogen-bond donors (Lipinski definition) is 1. The highest BCUT2D eigenvalue weighted by molar-refractivity contribution is 6.74. The molecule has 1 amide bonds. The summed E-state index contributed by atoms with van der Waals surface area (Å²) in [7, 11) is -0.0922. The third kappa shape index (κ3) is 7.82. The summed E-state index contributed by atoms with van der Waals surface area (Å²) in [6, 6.07) is 14.5. The van der Waals surface area contributed by atoms with Gasteiger partial charge in [0.1, 0.15) is 5.75 Å². The number of hydrogen-bond acceptors (Lipinski definition) is 4. The number of amides is 1. The van der Waals surface area contributed by atoms with E-state index in [2.05, 4.69) is 63.9 Å². The normalized spacial score (nSPS) is 23.7. The van der Waals surface area contributed by atoms with Crippen molar-refractivity contribution in [1.82, 2.24) is 0 Å². The summed E-state index contributed by atoms with van der Waals surface area (Å²) in [5.74, 6) is 2.27. The van der Waals surface area contributed by atoms with E-state index in [1.54, 1.807) is 7.11 Å². The topological polar surface area (TPSA) is 59.0 Å². The van der Waals surface area contributed by atoms with E-state index in [0.29, 0.717) is 11.8 Å². The predicted molar refractivity (Wildman–Crippen MR) is 171 cm³/mol. The number of aryl methyl sites for hydroxylation is 1. The van der Waals surface area contributed by atoms with Gasteiger partial charge in [-0.3, -0.25) is 4.79 Å². The van der Waals surface area contributed by atoms with Crippen molar-refractivity contribution < 1.29 is 19.1 Å². The lowest BCUT2D eigenvalue weighted by Gasteiger charge is -2.41. The number of aliphatic hydroxyl groups excluding tert-OH is 1. The van der Waals surface area contributed by atoms with Gasteiger partial charge in [-0.15, -0.1) is 0 Å². The Kier molecular flexibility index (Phi) is 10.4. The molecule has 2 fully saturated rings. The summed E-state index contributed by atoms with van der Waals surface area (Å²) in [4.78, 5) is 16.2. The van der Waals surface area contributed by atoms with Gasteiger partial charge in [-0.05, 0) is 123 Å². The Morgan fingerprint density at radius 1 is 0.976 bits per heavy atom. The number of aliphatic hydroxyl groups is 1. The number of nitrogens with zero attached hydrogens (tertiary/aromatic N) is 1. The molecule has 0 bridgehead atoms. The maximum absolute atomic E-state index is 14.1. The molecule has 0 spiro atoms. The highest BCUT2D eigenvalue weighted by atomic mass is 28.4. The van der Waals surface area contributed by atoms with Crippen LogP contribution in [0.4, 0.5) is 5.69 Å². The van der Waals surface area contributed by atoms with Crippen LogP contribution in [-0.2, 0) is 15.8 Å². The fourth-order valence-electron chi connectivity index (χ4n) is 6.48. The smallest absolute Gasteiger partial charge is 0.230 e. The van der Waals surface area contributed by atoms with Gasteiger partial charge in [-0.2, -0.15) is 0 Å². The monoisotopic (exact) mass is 579 g/mol. The number of carbonyl (C=O) groups excluding carboxylic acids is 1. The van der Waals surface area contributed by atoms with E-state index < -0.39 is 8.32 Å². The van der Waals surface area contributed by atoms with Crippen LogP contribution in [-0.4, -0.2) is 39.1 Å². The van der Waals surface area contributed by atoms with Crippen molar-refractivity contribution in [2.24, 2.45) is 11.8 Å². The molecule has 5 nitrogen and oxygen atoms in total. The molecule has 2 aromatic rings. The van der Waals surface area contributed by atoms with Crippen LogP contribution in [0, 0.1) is 18.8 Å². The molecule has 0 aliphatic heterocycles. The maximum Gasteiger partial charge on any atom is 0.230 e. The van der Waals surface area contributed by atoms with Crippen LogP contribution in [0.25, 0.3) is 0 Å². The Labute approximate surface area is 249 Å². The van der Waals surface area contributed by atoms with E-state index in [4.69, 9.17) is 9.16 Å². The SMILES string of the molecule is COc1ccc([C@H]2CC[C@H](CN(c3cccc(CO)c3)C(=O)[C@H]3CC[C@H](O[Si](C)(C)C(C)(C)C)CC3)CC2)cc1C. The van der Waals surface area contributed by atoms with Crippen LogP contribution in [0.1, 0.15) is 94.7 Å². The third-order valence-electron chi connectivity index (χ3n) is 10.1. The molecule has 41 heavy (non-hydrogen) atoms. The first-order valence-corrected chi connectivity index (χ1v) is 18.7. The lowest BCUT2D eigenvalue weighted by molar-refractivity contribution is -0.124. The second-order valence-corrected chi connectivity index (χ2v) is 18.8. The number of ether oxygens (including phenoxy) is 1. The van der Waals surface area contributed by atoms with Crippen molar-refractivity contribution in [2.45, 2.75) is 116 Å². The Hall–Kier alpha value is -2.15. The van der Waals surface area contributed by atoms with Gasteiger partial charge in [-0.1, -0.05) is 45.0 Å². The van der Waals surface area contributed by atoms with Gasteiger partial charge >= 0.3 is 0 Å². The van der Waals surface area contributed by atoms with E-state index in [1.807, 2.05) is 24.3 Å². The molecule has 4 rings (SSSR count). The predicted octanol–water partition coefficient (Wildman–Crippen LogP) is 8.38. The molecule has 0 saturated heterocycles. The zero-order valence-electron chi connectivity index (χ0n) is 26.5. The lowest BCUT2D eigenvalue weighted by Crippen LogP contribution is -2.46. The molecule has 2 saturated carbocycles. The minimum Gasteiger partial charge on any atom is -0.496 e. The van der Waals surface area contributed by atoms with Crippen LogP contribution in [0.15, 0.2) is 42.5 Å². The molecular weight excluding hydrogens is 526 g/mol. The average Bonchev–Trinajstić information content (AvgIpc) is 2.95. The van der Waals surface area contributed by atoms with Crippen LogP contribution in [0.3, 0.4) is 0 Å². The molecule has 0 atom stereocenters. The highest BCUT2D eigenvalue weighted by Crippen LogP contribution is 2.41. The van der Waals surface area contributed by atoms with Crippen molar-refractivity contribution in [1.29, 1.82) is 0 Å². The minimum atomic E-state index is -1.82. The number of carbonyl (C=O) groups is 1. The summed E-state index contributed by atoms with van der Waals surface area (Å²) in [5.41, 5.74) is 4.37. The lowest BCUT2D eigenvalue weighted by atomic mass is 9.78. The van der Waals surface area contributed by atoms with Gasteiger partial charge < -0.3 is 19.2 Å². The van der Waals surface area contributed by atoms with E-state index in [0.717, 1.165) is 74.9 Å². The van der Waals surface area contributed by atoms with Crippen LogP contribution >= 0.6 is 0 Å². The first kappa shape index (κ1) is 31.8. The molecule has 0 unspecified atom stereocenters. The van der Waals surface area contributed by atoms with Crippen LogP contribution in [0.2, 0.25) is 18.1 Å². The van der Waals surface area contributed by atoms with E-state index in [-0.39, 0.29) is 29.6 Å². The van der Waals surface area contributed by atoms with Crippen molar-refractivity contribution in [2.75, 3.05) is 18.6 Å². The van der Waals surface area contributed by atoms with Gasteiger partial charge in [0.15, 0.2) is 8.32 Å². The first-order valence-electron chi connectivity index (χ1n) is 15.8. The molecule has 2 aromatic carbocycles. The zero-order valence-corrected chi connectivity index (χ0v) is 27.5. The largest absolute Gasteiger partial charge is 0.496 e. The molecule has 2 aliphatic carbocycles. The van der Waals surface area contributed by atoms with Crippen molar-refractivity contribution in [3.63, 3.8) is 0 Å². The third-order valence-corrected chi connectivity index (χ3v) is 14.7. The molecule has 0 heterocycles. The molecular formula is C35H53NO4Si. The van der Waals surface area contributed by atoms with Gasteiger partial charge in [-0.25, -0.2) is 0 Å². The molecule has 226 valence electrons.